The molecule has 4 nitrogen and oxygen atoms in total. The molecule has 0 fully saturated rings. The predicted octanol–water partition coefficient (Wildman–Crippen LogP) is 2.32. The van der Waals surface area contributed by atoms with Crippen LogP contribution in [0.4, 0.5) is 0 Å². The van der Waals surface area contributed by atoms with Gasteiger partial charge in [0.25, 0.3) is 5.91 Å². The number of nitrogens with zero attached hydrogens (tertiary/aromatic N) is 1. The van der Waals surface area contributed by atoms with Gasteiger partial charge in [0.05, 0.1) is 5.56 Å². The molecule has 0 unspecified atom stereocenters. The second-order valence-electron chi connectivity index (χ2n) is 3.70. The third-order valence-electron chi connectivity index (χ3n) is 2.41. The lowest BCUT2D eigenvalue weighted by atomic mass is 10.2. The van der Waals surface area contributed by atoms with E-state index in [1.54, 1.807) is 24.5 Å². The van der Waals surface area contributed by atoms with Crippen LogP contribution in [0.3, 0.4) is 0 Å². The molecule has 1 amide bonds. The van der Waals surface area contributed by atoms with Gasteiger partial charge in [-0.1, -0.05) is 0 Å². The molecule has 2 aromatic rings. The van der Waals surface area contributed by atoms with Crippen molar-refractivity contribution in [2.24, 2.45) is 0 Å². The molecule has 0 atom stereocenters. The number of aromatic hydroxyl groups is 1. The Morgan fingerprint density at radius 3 is 2.72 bits per heavy atom. The molecule has 0 spiro atoms. The maximum absolute atomic E-state index is 11.9. The number of amides is 1. The van der Waals surface area contributed by atoms with Gasteiger partial charge in [0.2, 0.25) is 0 Å². The fraction of sp³-hybridized carbons (Fsp3) is 0.0769. The van der Waals surface area contributed by atoms with E-state index in [4.69, 9.17) is 0 Å². The fourth-order valence-electron chi connectivity index (χ4n) is 1.47. The van der Waals surface area contributed by atoms with Crippen molar-refractivity contribution in [1.82, 2.24) is 10.3 Å². The summed E-state index contributed by atoms with van der Waals surface area (Å²) >= 11 is 2.10. The Hall–Kier alpha value is -1.63. The number of halogens is 1. The van der Waals surface area contributed by atoms with Crippen LogP contribution < -0.4 is 5.32 Å². The van der Waals surface area contributed by atoms with Crippen LogP contribution in [0.5, 0.6) is 5.75 Å². The predicted molar refractivity (Wildman–Crippen MR) is 76.2 cm³/mol. The van der Waals surface area contributed by atoms with Crippen molar-refractivity contribution >= 4 is 28.5 Å². The quantitative estimate of drug-likeness (QED) is 0.832. The average Bonchev–Trinajstić information content (AvgIpc) is 2.40. The zero-order valence-corrected chi connectivity index (χ0v) is 11.6. The van der Waals surface area contributed by atoms with Gasteiger partial charge in [-0.25, -0.2) is 0 Å². The van der Waals surface area contributed by atoms with E-state index in [1.807, 2.05) is 12.1 Å². The average molecular weight is 354 g/mol. The number of nitrogens with one attached hydrogen (secondary N) is 1. The minimum Gasteiger partial charge on any atom is -0.507 e. The number of hydrogen-bond acceptors (Lipinski definition) is 3. The molecular formula is C13H11IN2O2. The highest BCUT2D eigenvalue weighted by Crippen LogP contribution is 2.19. The van der Waals surface area contributed by atoms with E-state index >= 15 is 0 Å². The Kier molecular flexibility index (Phi) is 4.14. The third-order valence-corrected chi connectivity index (χ3v) is 3.08. The number of benzene rings is 1. The molecule has 92 valence electrons. The van der Waals surface area contributed by atoms with Crippen molar-refractivity contribution in [3.63, 3.8) is 0 Å². The molecule has 5 heteroatoms. The van der Waals surface area contributed by atoms with Crippen LogP contribution in [0.2, 0.25) is 0 Å². The van der Waals surface area contributed by atoms with E-state index in [0.717, 1.165) is 9.13 Å². The summed E-state index contributed by atoms with van der Waals surface area (Å²) in [5, 5.41) is 12.4. The molecule has 18 heavy (non-hydrogen) atoms. The Bertz CT molecular complexity index is 558. The highest BCUT2D eigenvalue weighted by Gasteiger charge is 2.10. The highest BCUT2D eigenvalue weighted by atomic mass is 127. The lowest BCUT2D eigenvalue weighted by molar-refractivity contribution is 0.0948. The van der Waals surface area contributed by atoms with Crippen LogP contribution in [0.1, 0.15) is 15.9 Å². The normalized spacial score (nSPS) is 10.1. The van der Waals surface area contributed by atoms with Crippen LogP contribution >= 0.6 is 22.6 Å². The second-order valence-corrected chi connectivity index (χ2v) is 4.95. The summed E-state index contributed by atoms with van der Waals surface area (Å²) in [5.41, 5.74) is 1.25. The van der Waals surface area contributed by atoms with Crippen LogP contribution in [-0.2, 0) is 6.54 Å². The van der Waals surface area contributed by atoms with Gasteiger partial charge in [0.1, 0.15) is 5.75 Å². The number of carbonyl (C=O) groups excluding carboxylic acids is 1. The van der Waals surface area contributed by atoms with E-state index < -0.39 is 0 Å². The zero-order chi connectivity index (χ0) is 13.0. The van der Waals surface area contributed by atoms with Crippen LogP contribution in [-0.4, -0.2) is 16.0 Å². The standard InChI is InChI=1S/C13H11IN2O2/c14-10-1-2-12(17)11(7-10)13(18)16-8-9-3-5-15-6-4-9/h1-7,17H,8H2,(H,16,18). The van der Waals surface area contributed by atoms with Gasteiger partial charge in [-0.2, -0.15) is 0 Å². The SMILES string of the molecule is O=C(NCc1ccncc1)c1cc(I)ccc1O. The highest BCUT2D eigenvalue weighted by molar-refractivity contribution is 14.1. The minimum absolute atomic E-state index is 0.0114. The van der Waals surface area contributed by atoms with E-state index in [0.29, 0.717) is 6.54 Å². The molecular weight excluding hydrogens is 343 g/mol. The minimum atomic E-state index is -0.289. The first-order chi connectivity index (χ1) is 8.66. The van der Waals surface area contributed by atoms with E-state index in [-0.39, 0.29) is 17.2 Å². The van der Waals surface area contributed by atoms with Crippen LogP contribution in [0.25, 0.3) is 0 Å². The van der Waals surface area contributed by atoms with Gasteiger partial charge in [-0.05, 0) is 58.5 Å². The summed E-state index contributed by atoms with van der Waals surface area (Å²) in [6.07, 6.45) is 3.34. The van der Waals surface area contributed by atoms with Crippen molar-refractivity contribution in [2.75, 3.05) is 0 Å². The van der Waals surface area contributed by atoms with Gasteiger partial charge in [-0.15, -0.1) is 0 Å². The lowest BCUT2D eigenvalue weighted by Crippen LogP contribution is -2.22. The Morgan fingerprint density at radius 2 is 2.00 bits per heavy atom. The number of rotatable bonds is 3. The van der Waals surface area contributed by atoms with Crippen molar-refractivity contribution < 1.29 is 9.90 Å². The summed E-state index contributed by atoms with van der Waals surface area (Å²) in [4.78, 5) is 15.8. The topological polar surface area (TPSA) is 62.2 Å². The number of pyridine rings is 1. The van der Waals surface area contributed by atoms with E-state index in [9.17, 15) is 9.90 Å². The molecule has 1 heterocycles. The van der Waals surface area contributed by atoms with E-state index in [1.165, 1.54) is 6.07 Å². The molecule has 2 N–H and O–H groups in total. The summed E-state index contributed by atoms with van der Waals surface area (Å²) < 4.78 is 0.902. The summed E-state index contributed by atoms with van der Waals surface area (Å²) in [6.45, 7) is 0.409. The molecule has 0 aliphatic carbocycles. The van der Waals surface area contributed by atoms with Gasteiger partial charge >= 0.3 is 0 Å². The molecule has 1 aromatic carbocycles. The molecule has 0 bridgehead atoms. The maximum atomic E-state index is 11.9. The summed E-state index contributed by atoms with van der Waals surface area (Å²) in [5.74, 6) is -0.300. The van der Waals surface area contributed by atoms with Gasteiger partial charge in [-0.3, -0.25) is 9.78 Å². The first-order valence-electron chi connectivity index (χ1n) is 5.32. The first kappa shape index (κ1) is 12.8. The molecule has 0 radical (unpaired) electrons. The molecule has 2 rings (SSSR count). The smallest absolute Gasteiger partial charge is 0.255 e. The van der Waals surface area contributed by atoms with Crippen molar-refractivity contribution in [3.8, 4) is 5.75 Å². The number of carbonyl (C=O) groups is 1. The van der Waals surface area contributed by atoms with Crippen molar-refractivity contribution in [2.45, 2.75) is 6.54 Å². The fourth-order valence-corrected chi connectivity index (χ4v) is 1.96. The Labute approximate surface area is 118 Å². The largest absolute Gasteiger partial charge is 0.507 e. The maximum Gasteiger partial charge on any atom is 0.255 e. The molecule has 0 saturated heterocycles. The van der Waals surface area contributed by atoms with Crippen molar-refractivity contribution in [1.29, 1.82) is 0 Å². The van der Waals surface area contributed by atoms with E-state index in [2.05, 4.69) is 32.9 Å². The van der Waals surface area contributed by atoms with Crippen LogP contribution in [0, 0.1) is 3.57 Å². The zero-order valence-electron chi connectivity index (χ0n) is 9.43. The van der Waals surface area contributed by atoms with Crippen molar-refractivity contribution in [3.05, 3.63) is 57.4 Å². The molecule has 0 saturated carbocycles. The number of phenols is 1. The van der Waals surface area contributed by atoms with Gasteiger partial charge in [0.15, 0.2) is 0 Å². The summed E-state index contributed by atoms with van der Waals surface area (Å²) in [6, 6.07) is 8.57. The number of hydrogen-bond donors (Lipinski definition) is 2. The second kappa shape index (κ2) is 5.81. The summed E-state index contributed by atoms with van der Waals surface area (Å²) in [7, 11) is 0. The van der Waals surface area contributed by atoms with Gasteiger partial charge in [0, 0.05) is 22.5 Å². The first-order valence-corrected chi connectivity index (χ1v) is 6.40. The third kappa shape index (κ3) is 3.19. The Morgan fingerprint density at radius 1 is 1.28 bits per heavy atom. The molecule has 0 aliphatic rings. The molecule has 0 aliphatic heterocycles. The molecule has 1 aromatic heterocycles. The lowest BCUT2D eigenvalue weighted by Gasteiger charge is -2.07. The Balaban J connectivity index is 2.06. The monoisotopic (exact) mass is 354 g/mol. The van der Waals surface area contributed by atoms with Gasteiger partial charge < -0.3 is 10.4 Å². The van der Waals surface area contributed by atoms with Crippen LogP contribution in [0.15, 0.2) is 42.7 Å². The number of phenolic OH excluding ortho intramolecular Hbond substituents is 1. The number of aromatic nitrogens is 1.